The van der Waals surface area contributed by atoms with Gasteiger partial charge in [-0.3, -0.25) is 0 Å². The summed E-state index contributed by atoms with van der Waals surface area (Å²) in [6, 6.07) is 0. The van der Waals surface area contributed by atoms with Gasteiger partial charge in [0, 0.05) is 0 Å². The summed E-state index contributed by atoms with van der Waals surface area (Å²) in [4.78, 5) is 14.1. The van der Waals surface area contributed by atoms with Crippen molar-refractivity contribution in [2.45, 2.75) is 49.3 Å². The average molecular weight is 333 g/mol. The van der Waals surface area contributed by atoms with E-state index in [2.05, 4.69) is 4.84 Å². The molecule has 1 unspecified atom stereocenters. The van der Waals surface area contributed by atoms with Crippen molar-refractivity contribution in [3.8, 4) is 0 Å². The number of hydrogen-bond donors (Lipinski definition) is 3. The van der Waals surface area contributed by atoms with Gasteiger partial charge in [-0.2, -0.15) is 0 Å². The topological polar surface area (TPSA) is 132 Å². The van der Waals surface area contributed by atoms with Crippen LogP contribution in [0.4, 0.5) is 0 Å². The molecule has 2 fully saturated rings. The van der Waals surface area contributed by atoms with Crippen LogP contribution in [0, 0.1) is 10.1 Å². The van der Waals surface area contributed by atoms with E-state index >= 15 is 0 Å². The average Bonchev–Trinajstić information content (AvgIpc) is 2.92. The molecule has 0 aromatic carbocycles. The van der Waals surface area contributed by atoms with Crippen molar-refractivity contribution in [1.29, 1.82) is 0 Å². The molecule has 2 aliphatic heterocycles. The second-order valence-electron chi connectivity index (χ2n) is 5.16. The zero-order valence-corrected chi connectivity index (χ0v) is 10.9. The van der Waals surface area contributed by atoms with Crippen molar-refractivity contribution in [2.75, 3.05) is 19.8 Å². The Balaban J connectivity index is 0.00000220. The zero-order valence-electron chi connectivity index (χ0n) is 10.9. The number of unbranched alkanes of at least 4 members (excludes halogenated alkanes) is 1. The molecule has 21 heavy (non-hydrogen) atoms. The van der Waals surface area contributed by atoms with Gasteiger partial charge in [0.05, 0.1) is 25.9 Å². The molecule has 0 aliphatic carbocycles. The second-order valence-corrected chi connectivity index (χ2v) is 5.16. The van der Waals surface area contributed by atoms with Crippen LogP contribution in [0.25, 0.3) is 0 Å². The Morgan fingerprint density at radius 3 is 2.81 bits per heavy atom. The zero-order chi connectivity index (χ0) is 14.8. The van der Waals surface area contributed by atoms with Crippen LogP contribution < -0.4 is 0 Å². The number of hydrogen-bond acceptors (Lipinski definition) is 8. The first-order chi connectivity index (χ1) is 9.45. The van der Waals surface area contributed by atoms with Gasteiger partial charge in [-0.05, 0) is 19.3 Å². The third-order valence-electron chi connectivity index (χ3n) is 3.77. The second kappa shape index (κ2) is 8.48. The fourth-order valence-electron chi connectivity index (χ4n) is 2.65. The maximum absolute atomic E-state index is 10.4. The van der Waals surface area contributed by atoms with Crippen LogP contribution >= 0.6 is 0 Å². The molecule has 0 bridgehead atoms. The molecule has 0 amide bonds. The molecule has 10 heteroatoms. The summed E-state index contributed by atoms with van der Waals surface area (Å²) in [5, 5.41) is 39.2. The summed E-state index contributed by atoms with van der Waals surface area (Å²) in [6.07, 6.45) is -2.16. The molecule has 0 aromatic rings. The van der Waals surface area contributed by atoms with Crippen molar-refractivity contribution < 1.29 is 34.7 Å². The number of nitrogens with zero attached hydrogens (tertiary/aromatic N) is 1. The van der Waals surface area contributed by atoms with Crippen molar-refractivity contribution in [1.82, 2.24) is 0 Å². The standard InChI is InChI=1S/C11H19NO8.K.H/c13-7-5-18-10-9(7)19-6-11(10,15)8(14)3-1-2-4-20-12(16)17;;/h7-10,13-15H,1-6H2;;/t7-,8?,9-,10+,11+;;/m1../s1. The van der Waals surface area contributed by atoms with Gasteiger partial charge in [0.15, 0.2) is 0 Å². The van der Waals surface area contributed by atoms with E-state index in [1.807, 2.05) is 0 Å². The Morgan fingerprint density at radius 1 is 1.43 bits per heavy atom. The summed E-state index contributed by atoms with van der Waals surface area (Å²) < 4.78 is 10.6. The van der Waals surface area contributed by atoms with E-state index in [4.69, 9.17) is 9.47 Å². The summed E-state index contributed by atoms with van der Waals surface area (Å²) in [7, 11) is 0. The van der Waals surface area contributed by atoms with Gasteiger partial charge in [-0.15, -0.1) is 10.1 Å². The quantitative estimate of drug-likeness (QED) is 0.210. The van der Waals surface area contributed by atoms with Gasteiger partial charge < -0.3 is 29.6 Å². The molecule has 118 valence electrons. The Hall–Kier alpha value is 0.636. The van der Waals surface area contributed by atoms with Gasteiger partial charge in [-0.1, -0.05) is 0 Å². The number of rotatable bonds is 7. The van der Waals surface area contributed by atoms with Crippen molar-refractivity contribution in [2.24, 2.45) is 0 Å². The van der Waals surface area contributed by atoms with Crippen LogP contribution in [0.2, 0.25) is 0 Å². The van der Waals surface area contributed by atoms with Crippen molar-refractivity contribution in [3.05, 3.63) is 10.1 Å². The van der Waals surface area contributed by atoms with E-state index in [1.54, 1.807) is 0 Å². The first-order valence-corrected chi connectivity index (χ1v) is 6.54. The van der Waals surface area contributed by atoms with Crippen LogP contribution in [0.1, 0.15) is 19.3 Å². The van der Waals surface area contributed by atoms with Crippen molar-refractivity contribution >= 4 is 51.4 Å². The SMILES string of the molecule is O=[N+]([O-])OCCCCC(O)[C@@]1(O)CO[C@@H]2[C@H](O)CO[C@@H]21.[KH]. The Kier molecular flexibility index (Phi) is 7.95. The summed E-state index contributed by atoms with van der Waals surface area (Å²) in [6.45, 7) is -0.0804. The predicted molar refractivity (Wildman–Crippen MR) is 70.4 cm³/mol. The summed E-state index contributed by atoms with van der Waals surface area (Å²) in [5.74, 6) is 0. The van der Waals surface area contributed by atoms with Gasteiger partial charge in [0.25, 0.3) is 5.09 Å². The third kappa shape index (κ3) is 4.56. The summed E-state index contributed by atoms with van der Waals surface area (Å²) >= 11 is 0. The first-order valence-electron chi connectivity index (χ1n) is 6.54. The summed E-state index contributed by atoms with van der Waals surface area (Å²) in [5.41, 5.74) is -1.55. The number of ether oxygens (including phenoxy) is 2. The molecule has 2 saturated heterocycles. The molecule has 9 nitrogen and oxygen atoms in total. The van der Waals surface area contributed by atoms with E-state index in [0.29, 0.717) is 12.8 Å². The van der Waals surface area contributed by atoms with E-state index in [9.17, 15) is 25.4 Å². The predicted octanol–water partition coefficient (Wildman–Crippen LogP) is -2.03. The molecule has 2 heterocycles. The Morgan fingerprint density at radius 2 is 2.14 bits per heavy atom. The van der Waals surface area contributed by atoms with Crippen LogP contribution in [-0.2, 0) is 14.3 Å². The molecule has 0 spiro atoms. The molecule has 2 rings (SSSR count). The molecular weight excluding hydrogens is 313 g/mol. The molecule has 0 radical (unpaired) electrons. The monoisotopic (exact) mass is 333 g/mol. The molecular formula is C11H20KNO8. The Bertz CT molecular complexity index is 359. The minimum absolute atomic E-state index is 0. The first kappa shape index (κ1) is 19.7. The normalized spacial score (nSPS) is 35.9. The third-order valence-corrected chi connectivity index (χ3v) is 3.77. The van der Waals surface area contributed by atoms with E-state index in [0.717, 1.165) is 0 Å². The van der Waals surface area contributed by atoms with E-state index < -0.39 is 35.1 Å². The van der Waals surface area contributed by atoms with Gasteiger partial charge in [0.1, 0.15) is 23.9 Å². The molecule has 0 aromatic heterocycles. The van der Waals surface area contributed by atoms with Crippen LogP contribution in [0.15, 0.2) is 0 Å². The fraction of sp³-hybridized carbons (Fsp3) is 1.00. The molecule has 0 saturated carbocycles. The van der Waals surface area contributed by atoms with Gasteiger partial charge in [0.2, 0.25) is 0 Å². The molecule has 5 atom stereocenters. The van der Waals surface area contributed by atoms with Crippen LogP contribution in [-0.4, -0.2) is 122 Å². The van der Waals surface area contributed by atoms with Crippen LogP contribution in [0.5, 0.6) is 0 Å². The van der Waals surface area contributed by atoms with Gasteiger partial charge in [-0.25, -0.2) is 0 Å². The number of aliphatic hydroxyl groups is 3. The molecule has 3 N–H and O–H groups in total. The van der Waals surface area contributed by atoms with Gasteiger partial charge >= 0.3 is 51.4 Å². The Labute approximate surface area is 164 Å². The van der Waals surface area contributed by atoms with Crippen molar-refractivity contribution in [3.63, 3.8) is 0 Å². The molecule has 2 aliphatic rings. The van der Waals surface area contributed by atoms with E-state index in [-0.39, 0.29) is 77.6 Å². The maximum atomic E-state index is 10.4. The minimum atomic E-state index is -1.55. The number of aliphatic hydroxyl groups excluding tert-OH is 2. The number of fused-ring (bicyclic) bond motifs is 1. The fourth-order valence-corrected chi connectivity index (χ4v) is 2.65. The van der Waals surface area contributed by atoms with Crippen LogP contribution in [0.3, 0.4) is 0 Å². The van der Waals surface area contributed by atoms with E-state index in [1.165, 1.54) is 0 Å².